The van der Waals surface area contributed by atoms with Gasteiger partial charge in [-0.2, -0.15) is 10.3 Å². The largest absolute Gasteiger partial charge is 0.281 e. The van der Waals surface area contributed by atoms with Crippen molar-refractivity contribution in [2.24, 2.45) is 0 Å². The predicted octanol–water partition coefficient (Wildman–Crippen LogP) is 0.146. The lowest BCUT2D eigenvalue weighted by Crippen LogP contribution is -2.09. The molecular weight excluding hydrogens is 104 g/mol. The molecule has 0 radical (unpaired) electrons. The summed E-state index contributed by atoms with van der Waals surface area (Å²) in [6.45, 7) is 3.69. The molecule has 1 rings (SSSR count). The molecule has 1 fully saturated rings. The third-order valence-corrected chi connectivity index (χ3v) is 0.895. The topological polar surface area (TPSA) is 36.0 Å². The van der Waals surface area contributed by atoms with Crippen LogP contribution in [-0.2, 0) is 4.84 Å². The lowest BCUT2D eigenvalue weighted by atomic mass is 10.5. The van der Waals surface area contributed by atoms with Gasteiger partial charge in [-0.3, -0.25) is 4.84 Å². The summed E-state index contributed by atoms with van der Waals surface area (Å²) in [5.41, 5.74) is 0. The molecule has 0 aromatic rings. The van der Waals surface area contributed by atoms with Crippen molar-refractivity contribution in [3.63, 3.8) is 0 Å². The lowest BCUT2D eigenvalue weighted by molar-refractivity contribution is -0.0867. The molecule has 8 heavy (non-hydrogen) atoms. The van der Waals surface area contributed by atoms with Crippen LogP contribution in [0.3, 0.4) is 0 Å². The van der Waals surface area contributed by atoms with Crippen molar-refractivity contribution in [3.8, 4) is 6.07 Å². The van der Waals surface area contributed by atoms with Crippen LogP contribution >= 0.6 is 0 Å². The molecule has 1 heterocycles. The van der Waals surface area contributed by atoms with E-state index < -0.39 is 0 Å². The summed E-state index contributed by atoms with van der Waals surface area (Å²) in [6.07, 6.45) is -0.280. The Hall–Kier alpha value is -0.590. The van der Waals surface area contributed by atoms with Crippen LogP contribution in [0.15, 0.2) is 0 Å². The number of hydroxylamine groups is 2. The molecule has 0 amide bonds. The van der Waals surface area contributed by atoms with E-state index in [1.807, 2.05) is 6.07 Å². The first kappa shape index (κ1) is 5.54. The van der Waals surface area contributed by atoms with Crippen LogP contribution in [0.25, 0.3) is 0 Å². The first-order valence-electron chi connectivity index (χ1n) is 2.64. The Morgan fingerprint density at radius 3 is 2.75 bits per heavy atom. The van der Waals surface area contributed by atoms with E-state index in [2.05, 4.69) is 0 Å². The molecule has 1 saturated heterocycles. The van der Waals surface area contributed by atoms with E-state index in [1.165, 1.54) is 0 Å². The van der Waals surface area contributed by atoms with Gasteiger partial charge in [0.05, 0.1) is 6.07 Å². The minimum atomic E-state index is -0.280. The maximum absolute atomic E-state index is 8.21. The van der Waals surface area contributed by atoms with E-state index in [4.69, 9.17) is 10.1 Å². The number of hydrogen-bond donors (Lipinski definition) is 0. The summed E-state index contributed by atoms with van der Waals surface area (Å²) in [5, 5.41) is 9.97. The molecule has 1 atom stereocenters. The average Bonchev–Trinajstić information content (AvgIpc) is 2.50. The Morgan fingerprint density at radius 1 is 1.75 bits per heavy atom. The van der Waals surface area contributed by atoms with Crippen molar-refractivity contribution < 1.29 is 4.84 Å². The minimum Gasteiger partial charge on any atom is -0.281 e. The van der Waals surface area contributed by atoms with Gasteiger partial charge in [0, 0.05) is 13.1 Å². The van der Waals surface area contributed by atoms with Gasteiger partial charge >= 0.3 is 0 Å². The fraction of sp³-hybridized carbons (Fsp3) is 0.800. The summed E-state index contributed by atoms with van der Waals surface area (Å²) in [7, 11) is 0. The highest BCUT2D eigenvalue weighted by atomic mass is 16.7. The molecule has 3 nitrogen and oxygen atoms in total. The molecule has 1 aliphatic heterocycles. The van der Waals surface area contributed by atoms with E-state index in [0.29, 0.717) is 0 Å². The zero-order chi connectivity index (χ0) is 5.98. The fourth-order valence-electron chi connectivity index (χ4n) is 0.393. The lowest BCUT2D eigenvalue weighted by Gasteiger charge is -2.01. The molecule has 44 valence electrons. The highest BCUT2D eigenvalue weighted by molar-refractivity contribution is 4.79. The van der Waals surface area contributed by atoms with Crippen molar-refractivity contribution in [2.75, 3.05) is 13.1 Å². The van der Waals surface area contributed by atoms with E-state index in [-0.39, 0.29) is 6.10 Å². The SMILES string of the molecule is CC(C#N)ON1CC1. The van der Waals surface area contributed by atoms with Gasteiger partial charge in [0.15, 0.2) is 6.10 Å². The summed E-state index contributed by atoms with van der Waals surface area (Å²) < 4.78 is 0. The molecule has 3 heteroatoms. The van der Waals surface area contributed by atoms with Gasteiger partial charge in [0.25, 0.3) is 0 Å². The van der Waals surface area contributed by atoms with E-state index in [1.54, 1.807) is 12.0 Å². The van der Waals surface area contributed by atoms with Gasteiger partial charge in [-0.05, 0) is 6.92 Å². The zero-order valence-electron chi connectivity index (χ0n) is 4.79. The Bertz CT molecular complexity index is 114. The second kappa shape index (κ2) is 2.12. The van der Waals surface area contributed by atoms with Crippen LogP contribution in [0, 0.1) is 11.3 Å². The third kappa shape index (κ3) is 1.49. The summed E-state index contributed by atoms with van der Waals surface area (Å²) >= 11 is 0. The van der Waals surface area contributed by atoms with E-state index >= 15 is 0 Å². The molecule has 0 saturated carbocycles. The van der Waals surface area contributed by atoms with Crippen LogP contribution in [0.1, 0.15) is 6.92 Å². The number of hydrogen-bond acceptors (Lipinski definition) is 3. The molecule has 0 N–H and O–H groups in total. The van der Waals surface area contributed by atoms with Gasteiger partial charge in [-0.25, -0.2) is 0 Å². The zero-order valence-corrected chi connectivity index (χ0v) is 4.79. The summed E-state index contributed by atoms with van der Waals surface area (Å²) in [6, 6.07) is 1.97. The van der Waals surface area contributed by atoms with Gasteiger partial charge in [-0.1, -0.05) is 0 Å². The van der Waals surface area contributed by atoms with Gasteiger partial charge in [0.2, 0.25) is 0 Å². The highest BCUT2D eigenvalue weighted by Crippen LogP contribution is 2.05. The first-order chi connectivity index (χ1) is 3.83. The normalized spacial score (nSPS) is 22.0. The van der Waals surface area contributed by atoms with Crippen molar-refractivity contribution in [3.05, 3.63) is 0 Å². The van der Waals surface area contributed by atoms with Crippen LogP contribution in [-0.4, -0.2) is 24.3 Å². The maximum atomic E-state index is 8.21. The van der Waals surface area contributed by atoms with Crippen LogP contribution in [0.2, 0.25) is 0 Å². The number of nitrogens with zero attached hydrogens (tertiary/aromatic N) is 2. The van der Waals surface area contributed by atoms with Gasteiger partial charge in [-0.15, -0.1) is 0 Å². The standard InChI is InChI=1S/C5H8N2O/c1-5(4-6)8-7-2-3-7/h5H,2-3H2,1H3. The molecule has 0 aromatic heterocycles. The molecule has 0 spiro atoms. The molecule has 1 unspecified atom stereocenters. The van der Waals surface area contributed by atoms with Crippen molar-refractivity contribution in [1.82, 2.24) is 5.06 Å². The fourth-order valence-corrected chi connectivity index (χ4v) is 0.393. The predicted molar refractivity (Wildman–Crippen MR) is 27.7 cm³/mol. The molecular formula is C5H8N2O. The van der Waals surface area contributed by atoms with E-state index in [0.717, 1.165) is 13.1 Å². The molecule has 0 aromatic carbocycles. The van der Waals surface area contributed by atoms with Crippen molar-refractivity contribution >= 4 is 0 Å². The van der Waals surface area contributed by atoms with Crippen LogP contribution in [0.5, 0.6) is 0 Å². The van der Waals surface area contributed by atoms with Gasteiger partial charge < -0.3 is 0 Å². The monoisotopic (exact) mass is 112 g/mol. The Balaban J connectivity index is 2.09. The second-order valence-electron chi connectivity index (χ2n) is 1.81. The summed E-state index contributed by atoms with van der Waals surface area (Å²) in [5.74, 6) is 0. The first-order valence-corrected chi connectivity index (χ1v) is 2.64. The highest BCUT2D eigenvalue weighted by Gasteiger charge is 2.20. The summed E-state index contributed by atoms with van der Waals surface area (Å²) in [4.78, 5) is 4.98. The molecule has 1 aliphatic rings. The average molecular weight is 112 g/mol. The Kier molecular flexibility index (Phi) is 1.47. The number of rotatable bonds is 2. The van der Waals surface area contributed by atoms with Crippen LogP contribution in [0.4, 0.5) is 0 Å². The van der Waals surface area contributed by atoms with Crippen LogP contribution < -0.4 is 0 Å². The third-order valence-electron chi connectivity index (χ3n) is 0.895. The van der Waals surface area contributed by atoms with Crippen molar-refractivity contribution in [1.29, 1.82) is 5.26 Å². The van der Waals surface area contributed by atoms with E-state index in [9.17, 15) is 0 Å². The maximum Gasteiger partial charge on any atom is 0.162 e. The molecule has 0 bridgehead atoms. The van der Waals surface area contributed by atoms with Crippen molar-refractivity contribution in [2.45, 2.75) is 13.0 Å². The smallest absolute Gasteiger partial charge is 0.162 e. The molecule has 0 aliphatic carbocycles. The number of nitriles is 1. The van der Waals surface area contributed by atoms with Gasteiger partial charge in [0.1, 0.15) is 0 Å². The minimum absolute atomic E-state index is 0.280. The quantitative estimate of drug-likeness (QED) is 0.477. The Morgan fingerprint density at radius 2 is 2.38 bits per heavy atom. The second-order valence-corrected chi connectivity index (χ2v) is 1.81. The Labute approximate surface area is 48.4 Å².